The van der Waals surface area contributed by atoms with Crippen LogP contribution in [0.4, 0.5) is 0 Å². The van der Waals surface area contributed by atoms with E-state index in [0.29, 0.717) is 19.8 Å². The van der Waals surface area contributed by atoms with Crippen molar-refractivity contribution < 1.29 is 9.53 Å². The molecule has 13 heavy (non-hydrogen) atoms. The summed E-state index contributed by atoms with van der Waals surface area (Å²) < 4.78 is 5.29. The van der Waals surface area contributed by atoms with Gasteiger partial charge < -0.3 is 9.64 Å². The Morgan fingerprint density at radius 2 is 2.46 bits per heavy atom. The zero-order valence-electron chi connectivity index (χ0n) is 8.17. The van der Waals surface area contributed by atoms with Gasteiger partial charge in [-0.3, -0.25) is 4.79 Å². The molecule has 1 amide bonds. The molecule has 1 unspecified atom stereocenters. The summed E-state index contributed by atoms with van der Waals surface area (Å²) in [6.07, 6.45) is 0.928. The van der Waals surface area contributed by atoms with Crippen molar-refractivity contribution in [3.8, 4) is 11.8 Å². The van der Waals surface area contributed by atoms with Gasteiger partial charge in [0.15, 0.2) is 0 Å². The van der Waals surface area contributed by atoms with Crippen molar-refractivity contribution in [1.29, 1.82) is 0 Å². The lowest BCUT2D eigenvalue weighted by molar-refractivity contribution is -0.133. The van der Waals surface area contributed by atoms with Crippen molar-refractivity contribution in [2.75, 3.05) is 19.8 Å². The third-order valence-corrected chi connectivity index (χ3v) is 2.19. The van der Waals surface area contributed by atoms with Crippen molar-refractivity contribution in [3.63, 3.8) is 0 Å². The van der Waals surface area contributed by atoms with E-state index in [-0.39, 0.29) is 11.9 Å². The first kappa shape index (κ1) is 10.1. The van der Waals surface area contributed by atoms with Gasteiger partial charge in [-0.05, 0) is 19.3 Å². The molecule has 0 aliphatic carbocycles. The van der Waals surface area contributed by atoms with E-state index < -0.39 is 0 Å². The van der Waals surface area contributed by atoms with Gasteiger partial charge in [0.25, 0.3) is 5.91 Å². The van der Waals surface area contributed by atoms with E-state index in [1.165, 1.54) is 0 Å². The summed E-state index contributed by atoms with van der Waals surface area (Å²) >= 11 is 0. The highest BCUT2D eigenvalue weighted by Gasteiger charge is 2.24. The number of morpholine rings is 1. The monoisotopic (exact) mass is 181 g/mol. The molecule has 0 radical (unpaired) electrons. The van der Waals surface area contributed by atoms with Crippen LogP contribution >= 0.6 is 0 Å². The second-order valence-corrected chi connectivity index (χ2v) is 3.01. The summed E-state index contributed by atoms with van der Waals surface area (Å²) in [6.45, 7) is 5.69. The minimum Gasteiger partial charge on any atom is -0.377 e. The van der Waals surface area contributed by atoms with E-state index in [4.69, 9.17) is 4.74 Å². The summed E-state index contributed by atoms with van der Waals surface area (Å²) in [5, 5.41) is 0. The molecular formula is C10H15NO2. The van der Waals surface area contributed by atoms with Crippen molar-refractivity contribution in [3.05, 3.63) is 0 Å². The van der Waals surface area contributed by atoms with Crippen molar-refractivity contribution >= 4 is 5.91 Å². The lowest BCUT2D eigenvalue weighted by Gasteiger charge is -2.33. The maximum absolute atomic E-state index is 11.5. The number of hydrogen-bond acceptors (Lipinski definition) is 2. The number of carbonyl (C=O) groups is 1. The topological polar surface area (TPSA) is 29.5 Å². The molecule has 3 heteroatoms. The van der Waals surface area contributed by atoms with Crippen LogP contribution in [-0.4, -0.2) is 36.6 Å². The van der Waals surface area contributed by atoms with Crippen molar-refractivity contribution in [2.45, 2.75) is 26.3 Å². The first-order chi connectivity index (χ1) is 6.29. The van der Waals surface area contributed by atoms with Crippen LogP contribution in [-0.2, 0) is 9.53 Å². The average Bonchev–Trinajstić information content (AvgIpc) is 2.18. The fourth-order valence-corrected chi connectivity index (χ4v) is 1.44. The van der Waals surface area contributed by atoms with Gasteiger partial charge >= 0.3 is 0 Å². The normalized spacial score (nSPS) is 22.0. The summed E-state index contributed by atoms with van der Waals surface area (Å²) in [7, 11) is 0. The smallest absolute Gasteiger partial charge is 0.298 e. The standard InChI is InChI=1S/C10H15NO2/c1-3-5-10(12)11-6-7-13-8-9(11)4-2/h9H,4,6-8H2,1-2H3. The van der Waals surface area contributed by atoms with Gasteiger partial charge in [0.2, 0.25) is 0 Å². The third-order valence-electron chi connectivity index (χ3n) is 2.19. The van der Waals surface area contributed by atoms with E-state index in [2.05, 4.69) is 18.8 Å². The number of carbonyl (C=O) groups excluding carboxylic acids is 1. The Hall–Kier alpha value is -1.01. The van der Waals surface area contributed by atoms with E-state index in [1.54, 1.807) is 11.8 Å². The third kappa shape index (κ3) is 2.46. The Morgan fingerprint density at radius 1 is 1.69 bits per heavy atom. The zero-order chi connectivity index (χ0) is 9.68. The highest BCUT2D eigenvalue weighted by atomic mass is 16.5. The minimum absolute atomic E-state index is 0.0716. The fraction of sp³-hybridized carbons (Fsp3) is 0.700. The van der Waals surface area contributed by atoms with E-state index >= 15 is 0 Å². The molecule has 1 saturated heterocycles. The molecule has 0 spiro atoms. The minimum atomic E-state index is -0.0716. The van der Waals surface area contributed by atoms with Crippen LogP contribution in [0.1, 0.15) is 20.3 Å². The van der Waals surface area contributed by atoms with Gasteiger partial charge in [-0.1, -0.05) is 12.8 Å². The van der Waals surface area contributed by atoms with Gasteiger partial charge in [0, 0.05) is 6.54 Å². The molecule has 0 aromatic carbocycles. The Kier molecular flexibility index (Phi) is 3.78. The molecule has 1 aliphatic rings. The predicted molar refractivity (Wildman–Crippen MR) is 50.1 cm³/mol. The Labute approximate surface area is 79.1 Å². The molecule has 0 aromatic heterocycles. The number of rotatable bonds is 1. The Balaban J connectivity index is 2.62. The highest BCUT2D eigenvalue weighted by molar-refractivity contribution is 5.93. The number of amides is 1. The van der Waals surface area contributed by atoms with E-state index in [1.807, 2.05) is 0 Å². The van der Waals surface area contributed by atoms with Gasteiger partial charge in [-0.15, -0.1) is 0 Å². The summed E-state index contributed by atoms with van der Waals surface area (Å²) in [6, 6.07) is 0.210. The Morgan fingerprint density at radius 3 is 3.08 bits per heavy atom. The lowest BCUT2D eigenvalue weighted by atomic mass is 10.2. The molecule has 1 rings (SSSR count). The second-order valence-electron chi connectivity index (χ2n) is 3.01. The van der Waals surface area contributed by atoms with Crippen molar-refractivity contribution in [1.82, 2.24) is 4.90 Å². The number of nitrogens with zero attached hydrogens (tertiary/aromatic N) is 1. The average molecular weight is 181 g/mol. The molecule has 72 valence electrons. The summed E-state index contributed by atoms with van der Waals surface area (Å²) in [4.78, 5) is 13.3. The van der Waals surface area contributed by atoms with Crippen LogP contribution in [0.3, 0.4) is 0 Å². The SMILES string of the molecule is CC#CC(=O)N1CCOCC1CC. The second kappa shape index (κ2) is 4.88. The summed E-state index contributed by atoms with van der Waals surface area (Å²) in [5.41, 5.74) is 0. The largest absolute Gasteiger partial charge is 0.377 e. The van der Waals surface area contributed by atoms with Gasteiger partial charge in [-0.2, -0.15) is 0 Å². The molecule has 1 atom stereocenters. The van der Waals surface area contributed by atoms with E-state index in [0.717, 1.165) is 6.42 Å². The first-order valence-corrected chi connectivity index (χ1v) is 4.60. The van der Waals surface area contributed by atoms with Crippen LogP contribution in [0.5, 0.6) is 0 Å². The molecule has 0 saturated carbocycles. The molecular weight excluding hydrogens is 166 g/mol. The molecule has 1 fully saturated rings. The van der Waals surface area contributed by atoms with Crippen LogP contribution in [0.15, 0.2) is 0 Å². The van der Waals surface area contributed by atoms with Crippen LogP contribution in [0.2, 0.25) is 0 Å². The van der Waals surface area contributed by atoms with Crippen molar-refractivity contribution in [2.24, 2.45) is 0 Å². The highest BCUT2D eigenvalue weighted by Crippen LogP contribution is 2.09. The van der Waals surface area contributed by atoms with Gasteiger partial charge in [0.05, 0.1) is 19.3 Å². The zero-order valence-corrected chi connectivity index (χ0v) is 8.17. The van der Waals surface area contributed by atoms with E-state index in [9.17, 15) is 4.79 Å². The first-order valence-electron chi connectivity index (χ1n) is 4.60. The van der Waals surface area contributed by atoms with Crippen LogP contribution < -0.4 is 0 Å². The maximum Gasteiger partial charge on any atom is 0.298 e. The quantitative estimate of drug-likeness (QED) is 0.556. The molecule has 3 nitrogen and oxygen atoms in total. The fourth-order valence-electron chi connectivity index (χ4n) is 1.44. The molecule has 0 N–H and O–H groups in total. The summed E-state index contributed by atoms with van der Waals surface area (Å²) in [5.74, 6) is 5.12. The molecule has 1 heterocycles. The molecule has 1 aliphatic heterocycles. The Bertz CT molecular complexity index is 239. The molecule has 0 bridgehead atoms. The lowest BCUT2D eigenvalue weighted by Crippen LogP contribution is -2.47. The molecule has 0 aromatic rings. The number of hydrogen-bond donors (Lipinski definition) is 0. The van der Waals surface area contributed by atoms with Gasteiger partial charge in [0.1, 0.15) is 0 Å². The van der Waals surface area contributed by atoms with Gasteiger partial charge in [-0.25, -0.2) is 0 Å². The number of ether oxygens (including phenoxy) is 1. The van der Waals surface area contributed by atoms with Crippen LogP contribution in [0, 0.1) is 11.8 Å². The maximum atomic E-state index is 11.5. The van der Waals surface area contributed by atoms with Crippen LogP contribution in [0.25, 0.3) is 0 Å². The predicted octanol–water partition coefficient (Wildman–Crippen LogP) is 0.647.